The van der Waals surface area contributed by atoms with Gasteiger partial charge in [0.1, 0.15) is 0 Å². The third kappa shape index (κ3) is 3.04. The van der Waals surface area contributed by atoms with Gasteiger partial charge in [-0.1, -0.05) is 39.8 Å². The number of hydrogen-bond acceptors (Lipinski definition) is 4. The van der Waals surface area contributed by atoms with E-state index in [0.717, 1.165) is 18.1 Å². The molecule has 0 bridgehead atoms. The summed E-state index contributed by atoms with van der Waals surface area (Å²) < 4.78 is 1.79. The van der Waals surface area contributed by atoms with Crippen molar-refractivity contribution >= 4 is 0 Å². The van der Waals surface area contributed by atoms with Crippen molar-refractivity contribution < 1.29 is 0 Å². The average Bonchev–Trinajstić information content (AvgIpc) is 2.87. The van der Waals surface area contributed by atoms with Crippen LogP contribution in [0.5, 0.6) is 0 Å². The highest BCUT2D eigenvalue weighted by Gasteiger charge is 2.16. The molecule has 1 N–H and O–H groups in total. The molecule has 0 aliphatic heterocycles. The first kappa shape index (κ1) is 14.7. The summed E-state index contributed by atoms with van der Waals surface area (Å²) in [5.41, 5.74) is 2.44. The Morgan fingerprint density at radius 2 is 1.85 bits per heavy atom. The van der Waals surface area contributed by atoms with Crippen LogP contribution < -0.4 is 5.32 Å². The number of nitrogens with zero attached hydrogens (tertiary/aromatic N) is 4. The Labute approximate surface area is 120 Å². The zero-order valence-electron chi connectivity index (χ0n) is 12.9. The highest BCUT2D eigenvalue weighted by atomic mass is 15.5. The van der Waals surface area contributed by atoms with Crippen LogP contribution in [0, 0.1) is 0 Å². The number of hydrogen-bond donors (Lipinski definition) is 1. The molecular formula is C15H23N5. The molecule has 5 heteroatoms. The number of rotatable bonds is 4. The molecule has 0 spiro atoms. The quantitative estimate of drug-likeness (QED) is 0.930. The van der Waals surface area contributed by atoms with Crippen LogP contribution >= 0.6 is 0 Å². The molecular weight excluding hydrogens is 250 g/mol. The van der Waals surface area contributed by atoms with Gasteiger partial charge in [0.15, 0.2) is 5.82 Å². The summed E-state index contributed by atoms with van der Waals surface area (Å²) in [6.07, 6.45) is 0. The first-order chi connectivity index (χ1) is 9.43. The Hall–Kier alpha value is -1.75. The minimum absolute atomic E-state index is 0.122. The molecule has 2 rings (SSSR count). The maximum Gasteiger partial charge on any atom is 0.173 e. The molecule has 0 fully saturated rings. The third-order valence-corrected chi connectivity index (χ3v) is 3.37. The predicted molar refractivity (Wildman–Crippen MR) is 79.9 cm³/mol. The molecule has 1 heterocycles. The Morgan fingerprint density at radius 3 is 2.40 bits per heavy atom. The van der Waals surface area contributed by atoms with Gasteiger partial charge in [-0.05, 0) is 47.0 Å². The lowest BCUT2D eigenvalue weighted by atomic mass is 9.87. The van der Waals surface area contributed by atoms with Gasteiger partial charge in [0.05, 0.1) is 11.7 Å². The van der Waals surface area contributed by atoms with E-state index in [1.165, 1.54) is 5.56 Å². The van der Waals surface area contributed by atoms with Gasteiger partial charge in [-0.3, -0.25) is 0 Å². The summed E-state index contributed by atoms with van der Waals surface area (Å²) in [4.78, 5) is 0. The second-order valence-electron chi connectivity index (χ2n) is 6.03. The van der Waals surface area contributed by atoms with Gasteiger partial charge in [0.25, 0.3) is 0 Å². The fraction of sp³-hybridized carbons (Fsp3) is 0.533. The first-order valence-electron chi connectivity index (χ1n) is 7.06. The van der Waals surface area contributed by atoms with Crippen LogP contribution in [0.1, 0.15) is 52.0 Å². The minimum Gasteiger partial charge on any atom is -0.308 e. The standard InChI is InChI=1S/C15H23N5/c1-6-16-11(2)14-17-18-19-20(14)13-9-7-12(8-10-13)15(3,4)5/h7-11,16H,6H2,1-5H3. The molecule has 5 nitrogen and oxygen atoms in total. The summed E-state index contributed by atoms with van der Waals surface area (Å²) in [5.74, 6) is 0.829. The number of tetrazole rings is 1. The highest BCUT2D eigenvalue weighted by molar-refractivity contribution is 5.36. The van der Waals surface area contributed by atoms with Crippen molar-refractivity contribution in [1.82, 2.24) is 25.5 Å². The molecule has 1 atom stereocenters. The van der Waals surface area contributed by atoms with Crippen molar-refractivity contribution in [2.45, 2.75) is 46.1 Å². The topological polar surface area (TPSA) is 55.6 Å². The minimum atomic E-state index is 0.122. The van der Waals surface area contributed by atoms with E-state index in [1.54, 1.807) is 4.68 Å². The van der Waals surface area contributed by atoms with E-state index in [0.29, 0.717) is 0 Å². The Kier molecular flexibility index (Phi) is 4.18. The summed E-state index contributed by atoms with van der Waals surface area (Å²) in [6, 6.07) is 8.53. The van der Waals surface area contributed by atoms with Crippen LogP contribution in [0.2, 0.25) is 0 Å². The van der Waals surface area contributed by atoms with Gasteiger partial charge in [-0.15, -0.1) is 5.10 Å². The largest absolute Gasteiger partial charge is 0.308 e. The van der Waals surface area contributed by atoms with E-state index >= 15 is 0 Å². The van der Waals surface area contributed by atoms with E-state index in [9.17, 15) is 0 Å². The monoisotopic (exact) mass is 273 g/mol. The van der Waals surface area contributed by atoms with E-state index in [2.05, 4.69) is 79.7 Å². The van der Waals surface area contributed by atoms with Crippen LogP contribution in [0.4, 0.5) is 0 Å². The number of benzene rings is 1. The molecule has 0 radical (unpaired) electrons. The van der Waals surface area contributed by atoms with Crippen LogP contribution in [0.3, 0.4) is 0 Å². The molecule has 2 aromatic rings. The van der Waals surface area contributed by atoms with Crippen LogP contribution in [-0.2, 0) is 5.41 Å². The van der Waals surface area contributed by atoms with Crippen molar-refractivity contribution in [2.24, 2.45) is 0 Å². The molecule has 108 valence electrons. The van der Waals surface area contributed by atoms with Gasteiger partial charge < -0.3 is 5.32 Å². The SMILES string of the molecule is CCNC(C)c1nnnn1-c1ccc(C(C)(C)C)cc1. The van der Waals surface area contributed by atoms with Gasteiger partial charge in [-0.25, -0.2) is 0 Å². The molecule has 1 aromatic carbocycles. The first-order valence-corrected chi connectivity index (χ1v) is 7.06. The summed E-state index contributed by atoms with van der Waals surface area (Å²) in [7, 11) is 0. The lowest BCUT2D eigenvalue weighted by molar-refractivity contribution is 0.550. The summed E-state index contributed by atoms with van der Waals surface area (Å²) in [5, 5.41) is 15.3. The Morgan fingerprint density at radius 1 is 1.20 bits per heavy atom. The normalized spacial score (nSPS) is 13.4. The lowest BCUT2D eigenvalue weighted by Crippen LogP contribution is -2.21. The molecule has 0 aliphatic carbocycles. The van der Waals surface area contributed by atoms with Crippen molar-refractivity contribution in [3.63, 3.8) is 0 Å². The fourth-order valence-electron chi connectivity index (χ4n) is 2.15. The smallest absolute Gasteiger partial charge is 0.173 e. The fourth-order valence-corrected chi connectivity index (χ4v) is 2.15. The van der Waals surface area contributed by atoms with E-state index in [4.69, 9.17) is 0 Å². The van der Waals surface area contributed by atoms with Crippen LogP contribution in [0.15, 0.2) is 24.3 Å². The van der Waals surface area contributed by atoms with Crippen molar-refractivity contribution in [2.75, 3.05) is 6.54 Å². The maximum atomic E-state index is 4.12. The third-order valence-electron chi connectivity index (χ3n) is 3.37. The predicted octanol–water partition coefficient (Wildman–Crippen LogP) is 2.63. The highest BCUT2D eigenvalue weighted by Crippen LogP contribution is 2.23. The van der Waals surface area contributed by atoms with Crippen LogP contribution in [-0.4, -0.2) is 26.8 Å². The maximum absolute atomic E-state index is 4.12. The van der Waals surface area contributed by atoms with Crippen LogP contribution in [0.25, 0.3) is 5.69 Å². The molecule has 0 saturated heterocycles. The van der Waals surface area contributed by atoms with Gasteiger partial charge in [-0.2, -0.15) is 4.68 Å². The second kappa shape index (κ2) is 5.71. The van der Waals surface area contributed by atoms with E-state index < -0.39 is 0 Å². The zero-order valence-corrected chi connectivity index (χ0v) is 12.9. The summed E-state index contributed by atoms with van der Waals surface area (Å²) in [6.45, 7) is 11.6. The van der Waals surface area contributed by atoms with E-state index in [-0.39, 0.29) is 11.5 Å². The molecule has 1 unspecified atom stereocenters. The molecule has 0 saturated carbocycles. The Balaban J connectivity index is 2.31. The van der Waals surface area contributed by atoms with Crippen molar-refractivity contribution in [1.29, 1.82) is 0 Å². The summed E-state index contributed by atoms with van der Waals surface area (Å²) >= 11 is 0. The van der Waals surface area contributed by atoms with Gasteiger partial charge >= 0.3 is 0 Å². The number of nitrogens with one attached hydrogen (secondary N) is 1. The molecule has 20 heavy (non-hydrogen) atoms. The lowest BCUT2D eigenvalue weighted by Gasteiger charge is -2.19. The van der Waals surface area contributed by atoms with E-state index in [1.807, 2.05) is 0 Å². The average molecular weight is 273 g/mol. The molecule has 0 aliphatic rings. The van der Waals surface area contributed by atoms with Gasteiger partial charge in [0.2, 0.25) is 0 Å². The molecule has 1 aromatic heterocycles. The van der Waals surface area contributed by atoms with Crippen molar-refractivity contribution in [3.05, 3.63) is 35.7 Å². The zero-order chi connectivity index (χ0) is 14.8. The second-order valence-corrected chi connectivity index (χ2v) is 6.03. The molecule has 0 amide bonds. The Bertz CT molecular complexity index is 550. The number of aromatic nitrogens is 4. The van der Waals surface area contributed by atoms with Crippen molar-refractivity contribution in [3.8, 4) is 5.69 Å². The van der Waals surface area contributed by atoms with Gasteiger partial charge in [0, 0.05) is 0 Å².